The standard InChI is InChI=1S/C21H21FN4O3/c1-13-24-17(11-20(25-13)23-12-14-6-4-5-7-16(14)22)21(27)26-15-8-9-18(28-2)19(10-15)29-3/h4-11H,12H2,1-3H3,(H,26,27)(H,23,24,25). The van der Waals surface area contributed by atoms with Crippen LogP contribution in [-0.2, 0) is 6.54 Å². The number of methoxy groups -OCH3 is 2. The van der Waals surface area contributed by atoms with Gasteiger partial charge in [-0.1, -0.05) is 18.2 Å². The van der Waals surface area contributed by atoms with Crippen molar-refractivity contribution in [1.82, 2.24) is 9.97 Å². The van der Waals surface area contributed by atoms with Gasteiger partial charge in [-0.15, -0.1) is 0 Å². The zero-order valence-electron chi connectivity index (χ0n) is 16.3. The molecule has 0 aliphatic carbocycles. The normalized spacial score (nSPS) is 10.3. The summed E-state index contributed by atoms with van der Waals surface area (Å²) in [5.41, 5.74) is 1.22. The molecule has 2 N–H and O–H groups in total. The second kappa shape index (κ2) is 9.01. The van der Waals surface area contributed by atoms with Crippen molar-refractivity contribution in [1.29, 1.82) is 0 Å². The van der Waals surface area contributed by atoms with Crippen LogP contribution in [0, 0.1) is 12.7 Å². The summed E-state index contributed by atoms with van der Waals surface area (Å²) in [5.74, 6) is 1.19. The first-order valence-corrected chi connectivity index (χ1v) is 8.86. The lowest BCUT2D eigenvalue weighted by molar-refractivity contribution is 0.102. The molecule has 2 aromatic carbocycles. The van der Waals surface area contributed by atoms with Crippen LogP contribution in [0.15, 0.2) is 48.5 Å². The molecule has 1 heterocycles. The van der Waals surface area contributed by atoms with E-state index < -0.39 is 5.91 Å². The summed E-state index contributed by atoms with van der Waals surface area (Å²) >= 11 is 0. The van der Waals surface area contributed by atoms with Crippen LogP contribution in [0.2, 0.25) is 0 Å². The SMILES string of the molecule is COc1ccc(NC(=O)c2cc(NCc3ccccc3F)nc(C)n2)cc1OC. The molecule has 1 amide bonds. The van der Waals surface area contributed by atoms with Crippen LogP contribution in [0.3, 0.4) is 0 Å². The molecule has 3 aromatic rings. The van der Waals surface area contributed by atoms with Crippen LogP contribution in [-0.4, -0.2) is 30.1 Å². The molecule has 0 radical (unpaired) electrons. The van der Waals surface area contributed by atoms with E-state index in [-0.39, 0.29) is 18.1 Å². The quantitative estimate of drug-likeness (QED) is 0.632. The van der Waals surface area contributed by atoms with Gasteiger partial charge in [0.1, 0.15) is 23.2 Å². The summed E-state index contributed by atoms with van der Waals surface area (Å²) in [6.07, 6.45) is 0. The van der Waals surface area contributed by atoms with E-state index in [0.717, 1.165) is 0 Å². The van der Waals surface area contributed by atoms with E-state index in [2.05, 4.69) is 20.6 Å². The van der Waals surface area contributed by atoms with Gasteiger partial charge in [-0.2, -0.15) is 0 Å². The van der Waals surface area contributed by atoms with Crippen molar-refractivity contribution < 1.29 is 18.7 Å². The van der Waals surface area contributed by atoms with E-state index in [4.69, 9.17) is 9.47 Å². The van der Waals surface area contributed by atoms with Gasteiger partial charge in [0.15, 0.2) is 11.5 Å². The van der Waals surface area contributed by atoms with Crippen molar-refractivity contribution in [3.8, 4) is 11.5 Å². The number of amides is 1. The third-order valence-electron chi connectivity index (χ3n) is 4.13. The van der Waals surface area contributed by atoms with Crippen LogP contribution in [0.25, 0.3) is 0 Å². The highest BCUT2D eigenvalue weighted by Gasteiger charge is 2.13. The van der Waals surface area contributed by atoms with Gasteiger partial charge in [0, 0.05) is 29.9 Å². The first-order valence-electron chi connectivity index (χ1n) is 8.86. The number of aryl methyl sites for hydroxylation is 1. The lowest BCUT2D eigenvalue weighted by atomic mass is 10.2. The fourth-order valence-corrected chi connectivity index (χ4v) is 2.71. The number of carbonyl (C=O) groups excluding carboxylic acids is 1. The Morgan fingerprint density at radius 3 is 2.52 bits per heavy atom. The topological polar surface area (TPSA) is 85.4 Å². The molecular weight excluding hydrogens is 375 g/mol. The van der Waals surface area contributed by atoms with E-state index in [1.54, 1.807) is 43.3 Å². The third kappa shape index (κ3) is 4.98. The molecule has 3 rings (SSSR count). The van der Waals surface area contributed by atoms with E-state index in [9.17, 15) is 9.18 Å². The molecule has 0 saturated heterocycles. The average Bonchev–Trinajstić information content (AvgIpc) is 2.72. The molecule has 150 valence electrons. The van der Waals surface area contributed by atoms with Crippen LogP contribution in [0.4, 0.5) is 15.9 Å². The highest BCUT2D eigenvalue weighted by molar-refractivity contribution is 6.03. The number of benzene rings is 2. The molecule has 0 bridgehead atoms. The number of rotatable bonds is 7. The van der Waals surface area contributed by atoms with E-state index >= 15 is 0 Å². The minimum atomic E-state index is -0.406. The zero-order chi connectivity index (χ0) is 20.8. The Morgan fingerprint density at radius 1 is 1.03 bits per heavy atom. The molecular formula is C21H21FN4O3. The number of hydrogen-bond acceptors (Lipinski definition) is 6. The number of halogens is 1. The minimum Gasteiger partial charge on any atom is -0.493 e. The predicted molar refractivity (Wildman–Crippen MR) is 108 cm³/mol. The van der Waals surface area contributed by atoms with Crippen LogP contribution in [0.1, 0.15) is 21.9 Å². The second-order valence-electron chi connectivity index (χ2n) is 6.15. The summed E-state index contributed by atoms with van der Waals surface area (Å²) in [5, 5.41) is 5.80. The van der Waals surface area contributed by atoms with Gasteiger partial charge < -0.3 is 20.1 Å². The minimum absolute atomic E-state index is 0.184. The molecule has 0 saturated carbocycles. The van der Waals surface area contributed by atoms with E-state index in [1.807, 2.05) is 0 Å². The molecule has 0 aliphatic rings. The van der Waals surface area contributed by atoms with Gasteiger partial charge in [-0.25, -0.2) is 14.4 Å². The first-order chi connectivity index (χ1) is 14.0. The Bertz CT molecular complexity index is 1030. The van der Waals surface area contributed by atoms with Crippen molar-refractivity contribution >= 4 is 17.4 Å². The number of carbonyl (C=O) groups is 1. The lowest BCUT2D eigenvalue weighted by Gasteiger charge is -2.11. The van der Waals surface area contributed by atoms with Crippen molar-refractivity contribution in [2.24, 2.45) is 0 Å². The van der Waals surface area contributed by atoms with Crippen LogP contribution >= 0.6 is 0 Å². The summed E-state index contributed by atoms with van der Waals surface area (Å²) in [4.78, 5) is 21.1. The molecule has 7 nitrogen and oxygen atoms in total. The second-order valence-corrected chi connectivity index (χ2v) is 6.15. The summed E-state index contributed by atoms with van der Waals surface area (Å²) in [6, 6.07) is 13.0. The van der Waals surface area contributed by atoms with Gasteiger partial charge in [0.25, 0.3) is 5.91 Å². The summed E-state index contributed by atoms with van der Waals surface area (Å²) in [6.45, 7) is 1.92. The Labute approximate surface area is 167 Å². The Kier molecular flexibility index (Phi) is 6.23. The highest BCUT2D eigenvalue weighted by atomic mass is 19.1. The zero-order valence-corrected chi connectivity index (χ0v) is 16.3. The lowest BCUT2D eigenvalue weighted by Crippen LogP contribution is -2.16. The average molecular weight is 396 g/mol. The fraction of sp³-hybridized carbons (Fsp3) is 0.190. The Balaban J connectivity index is 1.75. The number of nitrogens with zero attached hydrogens (tertiary/aromatic N) is 2. The van der Waals surface area contributed by atoms with Crippen molar-refractivity contribution in [2.45, 2.75) is 13.5 Å². The molecule has 1 aromatic heterocycles. The maximum atomic E-state index is 13.8. The maximum absolute atomic E-state index is 13.8. The van der Waals surface area contributed by atoms with Crippen molar-refractivity contribution in [2.75, 3.05) is 24.9 Å². The van der Waals surface area contributed by atoms with Gasteiger partial charge in [-0.3, -0.25) is 4.79 Å². The number of ether oxygens (including phenoxy) is 2. The highest BCUT2D eigenvalue weighted by Crippen LogP contribution is 2.29. The third-order valence-corrected chi connectivity index (χ3v) is 4.13. The Hall–Kier alpha value is -3.68. The molecule has 0 atom stereocenters. The first kappa shape index (κ1) is 20.1. The number of hydrogen-bond donors (Lipinski definition) is 2. The number of nitrogens with one attached hydrogen (secondary N) is 2. The van der Waals surface area contributed by atoms with E-state index in [0.29, 0.717) is 34.4 Å². The smallest absolute Gasteiger partial charge is 0.274 e. The largest absolute Gasteiger partial charge is 0.493 e. The Morgan fingerprint density at radius 2 is 1.79 bits per heavy atom. The van der Waals surface area contributed by atoms with Gasteiger partial charge in [0.05, 0.1) is 14.2 Å². The summed E-state index contributed by atoms with van der Waals surface area (Å²) < 4.78 is 24.2. The van der Waals surface area contributed by atoms with E-state index in [1.165, 1.54) is 26.4 Å². The van der Waals surface area contributed by atoms with Gasteiger partial charge in [0.2, 0.25) is 0 Å². The van der Waals surface area contributed by atoms with Gasteiger partial charge >= 0.3 is 0 Å². The van der Waals surface area contributed by atoms with Crippen LogP contribution < -0.4 is 20.1 Å². The monoisotopic (exact) mass is 396 g/mol. The fourth-order valence-electron chi connectivity index (χ4n) is 2.71. The molecule has 0 unspecified atom stereocenters. The molecule has 8 heteroatoms. The molecule has 0 spiro atoms. The predicted octanol–water partition coefficient (Wildman–Crippen LogP) is 3.81. The van der Waals surface area contributed by atoms with Crippen molar-refractivity contribution in [3.63, 3.8) is 0 Å². The van der Waals surface area contributed by atoms with Crippen LogP contribution in [0.5, 0.6) is 11.5 Å². The summed E-state index contributed by atoms with van der Waals surface area (Å²) in [7, 11) is 3.06. The van der Waals surface area contributed by atoms with Gasteiger partial charge in [-0.05, 0) is 25.1 Å². The molecule has 0 fully saturated rings. The number of aromatic nitrogens is 2. The van der Waals surface area contributed by atoms with Crippen molar-refractivity contribution in [3.05, 3.63) is 71.4 Å². The molecule has 0 aliphatic heterocycles. The number of anilines is 2. The maximum Gasteiger partial charge on any atom is 0.274 e. The molecule has 29 heavy (non-hydrogen) atoms.